The number of fused-ring (bicyclic) bond motifs is 1. The number of hydrogen-bond donors (Lipinski definition) is 0. The summed E-state index contributed by atoms with van der Waals surface area (Å²) in [7, 11) is -0.141. The molecule has 3 aromatic carbocycles. The molecule has 0 radical (unpaired) electrons. The van der Waals surface area contributed by atoms with E-state index in [9.17, 15) is 14.9 Å². The molecule has 0 aliphatic heterocycles. The zero-order chi connectivity index (χ0) is 22.2. The maximum absolute atomic E-state index is 12.8. The first kappa shape index (κ1) is 20.8. The van der Waals surface area contributed by atoms with Crippen LogP contribution in [0.3, 0.4) is 0 Å². The second-order valence-corrected chi connectivity index (χ2v) is 9.69. The highest BCUT2D eigenvalue weighted by Crippen LogP contribution is 2.41. The third kappa shape index (κ3) is 4.07. The molecule has 0 bridgehead atoms. The molecule has 31 heavy (non-hydrogen) atoms. The quantitative estimate of drug-likeness (QED) is 0.149. The van der Waals surface area contributed by atoms with Gasteiger partial charge in [-0.25, -0.2) is 4.79 Å². The summed E-state index contributed by atoms with van der Waals surface area (Å²) in [5, 5.41) is 14.4. The Labute approximate surface area is 183 Å². The van der Waals surface area contributed by atoms with Crippen LogP contribution in [0.4, 0.5) is 5.69 Å². The average molecular weight is 433 g/mol. The summed E-state index contributed by atoms with van der Waals surface area (Å²) in [6, 6.07) is 22.0. The Morgan fingerprint density at radius 3 is 2.26 bits per heavy atom. The number of carbonyl (C=O) groups excluding carboxylic acids is 1. The highest BCUT2D eigenvalue weighted by molar-refractivity contribution is 7.43. The van der Waals surface area contributed by atoms with Crippen molar-refractivity contribution in [3.05, 3.63) is 105 Å². The van der Waals surface area contributed by atoms with Crippen LogP contribution >= 0.6 is 10.5 Å². The number of nitro groups is 1. The van der Waals surface area contributed by atoms with Gasteiger partial charge in [-0.3, -0.25) is 10.1 Å². The van der Waals surface area contributed by atoms with Crippen molar-refractivity contribution in [3.63, 3.8) is 0 Å². The Morgan fingerprint density at radius 2 is 1.61 bits per heavy atom. The van der Waals surface area contributed by atoms with Crippen molar-refractivity contribution in [2.75, 3.05) is 0 Å². The van der Waals surface area contributed by atoms with Crippen molar-refractivity contribution in [3.8, 4) is 4.90 Å². The number of rotatable bonds is 5. The van der Waals surface area contributed by atoms with Crippen molar-refractivity contribution in [1.29, 1.82) is 0 Å². The predicted octanol–water partition coefficient (Wildman–Crippen LogP) is 6.89. The summed E-state index contributed by atoms with van der Waals surface area (Å²) in [6.45, 7) is 5.66. The fourth-order valence-electron chi connectivity index (χ4n) is 3.55. The monoisotopic (exact) mass is 432 g/mol. The van der Waals surface area contributed by atoms with Crippen LogP contribution in [0.5, 0.6) is 0 Å². The van der Waals surface area contributed by atoms with Gasteiger partial charge in [0.05, 0.1) is 10.5 Å². The minimum absolute atomic E-state index is 0.0000660. The van der Waals surface area contributed by atoms with E-state index >= 15 is 0 Å². The van der Waals surface area contributed by atoms with Crippen LogP contribution in [0.1, 0.15) is 35.3 Å². The van der Waals surface area contributed by atoms with Gasteiger partial charge in [0.25, 0.3) is 5.69 Å². The number of non-ortho nitro benzene ring substituents is 1. The summed E-state index contributed by atoms with van der Waals surface area (Å²) in [5.41, 5.74) is 1.51. The van der Waals surface area contributed by atoms with E-state index in [1.165, 1.54) is 27.8 Å². The van der Waals surface area contributed by atoms with E-state index in [0.29, 0.717) is 11.1 Å². The first-order valence-electron chi connectivity index (χ1n) is 9.85. The standard InChI is InChI=1S/C25H22NO4S/c1-17-16-31(23-7-5-4-6-22(17)23)21-14-8-18(9-15-21)24(27)30-25(2,3)19-10-12-20(13-11-19)26(28)29/h4-16H,1-3H3/q+1. The second kappa shape index (κ2) is 7.96. The van der Waals surface area contributed by atoms with Crippen molar-refractivity contribution in [1.82, 2.24) is 0 Å². The van der Waals surface area contributed by atoms with E-state index in [0.717, 1.165) is 4.90 Å². The highest BCUT2D eigenvalue weighted by atomic mass is 32.2. The lowest BCUT2D eigenvalue weighted by atomic mass is 9.97. The SMILES string of the molecule is Cc1c[s+](-c2ccc(C(=O)OC(C)(C)c3ccc([N+](=O)[O-])cc3)cc2)c2ccccc12. The minimum Gasteiger partial charge on any atom is -0.451 e. The van der Waals surface area contributed by atoms with Crippen LogP contribution in [0, 0.1) is 17.0 Å². The van der Waals surface area contributed by atoms with Gasteiger partial charge in [-0.15, -0.1) is 0 Å². The van der Waals surface area contributed by atoms with Crippen LogP contribution < -0.4 is 0 Å². The third-order valence-corrected chi connectivity index (χ3v) is 7.51. The average Bonchev–Trinajstić information content (AvgIpc) is 3.10. The summed E-state index contributed by atoms with van der Waals surface area (Å²) in [5.74, 6) is -0.434. The summed E-state index contributed by atoms with van der Waals surface area (Å²) in [6.07, 6.45) is 0. The lowest BCUT2D eigenvalue weighted by molar-refractivity contribution is -0.384. The molecule has 0 spiro atoms. The summed E-state index contributed by atoms with van der Waals surface area (Å²) in [4.78, 5) is 24.3. The number of hydrogen-bond acceptors (Lipinski definition) is 4. The molecule has 1 atom stereocenters. The number of esters is 1. The van der Waals surface area contributed by atoms with Gasteiger partial charge in [0.2, 0.25) is 0 Å². The Balaban J connectivity index is 1.54. The third-order valence-electron chi connectivity index (χ3n) is 5.31. The number of ether oxygens (including phenoxy) is 1. The number of carbonyl (C=O) groups is 1. The molecule has 6 heteroatoms. The van der Waals surface area contributed by atoms with E-state index in [2.05, 4.69) is 36.6 Å². The normalized spacial score (nSPS) is 12.0. The number of benzene rings is 3. The molecule has 4 aromatic rings. The van der Waals surface area contributed by atoms with Gasteiger partial charge in [0, 0.05) is 33.6 Å². The number of nitro benzene ring substituents is 1. The lowest BCUT2D eigenvalue weighted by Gasteiger charge is -2.25. The number of nitrogens with zero attached hydrogens (tertiary/aromatic N) is 1. The summed E-state index contributed by atoms with van der Waals surface area (Å²) < 4.78 is 7.03. The molecule has 0 saturated carbocycles. The molecule has 5 nitrogen and oxygen atoms in total. The lowest BCUT2D eigenvalue weighted by Crippen LogP contribution is -2.25. The van der Waals surface area contributed by atoms with Crippen LogP contribution in [0.15, 0.2) is 78.2 Å². The van der Waals surface area contributed by atoms with E-state index in [1.807, 2.05) is 12.1 Å². The smallest absolute Gasteiger partial charge is 0.338 e. The van der Waals surface area contributed by atoms with Crippen molar-refractivity contribution in [2.24, 2.45) is 0 Å². The van der Waals surface area contributed by atoms with Gasteiger partial charge in [0.1, 0.15) is 11.0 Å². The molecule has 4 rings (SSSR count). The molecule has 1 aromatic heterocycles. The van der Waals surface area contributed by atoms with Crippen LogP contribution in [0.25, 0.3) is 15.0 Å². The van der Waals surface area contributed by atoms with Gasteiger partial charge < -0.3 is 4.74 Å². The number of thiophene rings is 1. The Hall–Kier alpha value is -3.51. The molecule has 0 amide bonds. The largest absolute Gasteiger partial charge is 0.451 e. The molecular weight excluding hydrogens is 410 g/mol. The maximum atomic E-state index is 12.8. The first-order chi connectivity index (χ1) is 14.8. The van der Waals surface area contributed by atoms with Crippen LogP contribution in [-0.4, -0.2) is 10.9 Å². The Morgan fingerprint density at radius 1 is 0.968 bits per heavy atom. The number of aryl methyl sites for hydroxylation is 1. The molecule has 0 aliphatic carbocycles. The topological polar surface area (TPSA) is 69.4 Å². The fourth-order valence-corrected chi connectivity index (χ4v) is 5.67. The molecule has 0 N–H and O–H groups in total. The van der Waals surface area contributed by atoms with Crippen molar-refractivity contribution in [2.45, 2.75) is 26.4 Å². The Kier molecular flexibility index (Phi) is 5.33. The Bertz CT molecular complexity index is 1270. The minimum atomic E-state index is -0.920. The van der Waals surface area contributed by atoms with Gasteiger partial charge in [-0.2, -0.15) is 0 Å². The van der Waals surface area contributed by atoms with E-state index < -0.39 is 16.5 Å². The molecule has 0 fully saturated rings. The molecule has 1 unspecified atom stereocenters. The molecule has 1 heterocycles. The molecule has 0 saturated heterocycles. The summed E-state index contributed by atoms with van der Waals surface area (Å²) >= 11 is 0. The maximum Gasteiger partial charge on any atom is 0.338 e. The van der Waals surface area contributed by atoms with Gasteiger partial charge >= 0.3 is 5.97 Å². The predicted molar refractivity (Wildman–Crippen MR) is 124 cm³/mol. The van der Waals surface area contributed by atoms with E-state index in [-0.39, 0.29) is 16.2 Å². The van der Waals surface area contributed by atoms with Crippen molar-refractivity contribution < 1.29 is 14.5 Å². The highest BCUT2D eigenvalue weighted by Gasteiger charge is 2.27. The second-order valence-electron chi connectivity index (χ2n) is 7.86. The van der Waals surface area contributed by atoms with Gasteiger partial charge in [0.15, 0.2) is 9.60 Å². The van der Waals surface area contributed by atoms with Gasteiger partial charge in [-0.1, -0.05) is 12.1 Å². The zero-order valence-corrected chi connectivity index (χ0v) is 18.3. The van der Waals surface area contributed by atoms with E-state index in [4.69, 9.17) is 4.74 Å². The first-order valence-corrected chi connectivity index (χ1v) is 11.1. The van der Waals surface area contributed by atoms with Crippen molar-refractivity contribution >= 4 is 32.2 Å². The molecule has 156 valence electrons. The van der Waals surface area contributed by atoms with E-state index in [1.54, 1.807) is 38.1 Å². The van der Waals surface area contributed by atoms with Crippen LogP contribution in [0.2, 0.25) is 0 Å². The molecular formula is C25H22NO4S+. The zero-order valence-electron chi connectivity index (χ0n) is 17.5. The molecule has 0 aliphatic rings. The van der Waals surface area contributed by atoms with Gasteiger partial charge in [-0.05, 0) is 74.9 Å². The fraction of sp³-hybridized carbons (Fsp3) is 0.160. The van der Waals surface area contributed by atoms with Crippen LogP contribution in [-0.2, 0) is 10.3 Å².